The Morgan fingerprint density at radius 2 is 2.10 bits per heavy atom. The minimum Gasteiger partial charge on any atom is -0.444 e. The molecule has 1 atom stereocenters. The standard InChI is InChI=1S/C20H27N7O2/c1-20(2,3)29-19(28)26-9-6-7-14(13-26)24-17-12-23-11-15(25-17)18(22)27-10-5-4-8-16(27)21/h4-5,8,10-12,14,21-22H,6-7,9,13H2,1-3H3,(H,24,25). The molecule has 1 amide bonds. The van der Waals surface area contributed by atoms with Crippen molar-refractivity contribution in [1.29, 1.82) is 10.8 Å². The van der Waals surface area contributed by atoms with Gasteiger partial charge in [0.2, 0.25) is 0 Å². The molecule has 1 saturated heterocycles. The van der Waals surface area contributed by atoms with Crippen LogP contribution in [-0.4, -0.2) is 56.1 Å². The zero-order chi connectivity index (χ0) is 21.0. The van der Waals surface area contributed by atoms with Gasteiger partial charge in [0, 0.05) is 25.3 Å². The summed E-state index contributed by atoms with van der Waals surface area (Å²) in [6.45, 7) is 6.75. The van der Waals surface area contributed by atoms with Crippen molar-refractivity contribution in [3.63, 3.8) is 0 Å². The first-order valence-electron chi connectivity index (χ1n) is 9.61. The van der Waals surface area contributed by atoms with Gasteiger partial charge in [0.1, 0.15) is 22.6 Å². The summed E-state index contributed by atoms with van der Waals surface area (Å²) >= 11 is 0. The van der Waals surface area contributed by atoms with Crippen molar-refractivity contribution >= 4 is 17.7 Å². The molecule has 1 fully saturated rings. The number of anilines is 1. The highest BCUT2D eigenvalue weighted by Crippen LogP contribution is 2.18. The van der Waals surface area contributed by atoms with Gasteiger partial charge in [0.25, 0.3) is 0 Å². The molecule has 9 heteroatoms. The number of carbonyl (C=O) groups is 1. The number of pyridine rings is 1. The van der Waals surface area contributed by atoms with Crippen molar-refractivity contribution in [1.82, 2.24) is 19.4 Å². The van der Waals surface area contributed by atoms with Crippen LogP contribution in [0, 0.1) is 10.8 Å². The lowest BCUT2D eigenvalue weighted by atomic mass is 10.1. The Morgan fingerprint density at radius 3 is 2.83 bits per heavy atom. The summed E-state index contributed by atoms with van der Waals surface area (Å²) in [7, 11) is 0. The fourth-order valence-corrected chi connectivity index (χ4v) is 3.11. The topological polar surface area (TPSA) is 120 Å². The van der Waals surface area contributed by atoms with E-state index in [9.17, 15) is 4.79 Å². The van der Waals surface area contributed by atoms with Gasteiger partial charge in [-0.1, -0.05) is 6.07 Å². The Bertz CT molecular complexity index is 948. The maximum atomic E-state index is 12.3. The highest BCUT2D eigenvalue weighted by molar-refractivity contribution is 5.96. The van der Waals surface area contributed by atoms with Crippen molar-refractivity contribution in [3.8, 4) is 0 Å². The summed E-state index contributed by atoms with van der Waals surface area (Å²) < 4.78 is 6.90. The molecule has 3 rings (SSSR count). The van der Waals surface area contributed by atoms with E-state index >= 15 is 0 Å². The lowest BCUT2D eigenvalue weighted by Crippen LogP contribution is -2.47. The van der Waals surface area contributed by atoms with Gasteiger partial charge in [-0.3, -0.25) is 20.4 Å². The third kappa shape index (κ3) is 5.40. The van der Waals surface area contributed by atoms with E-state index in [2.05, 4.69) is 15.3 Å². The zero-order valence-corrected chi connectivity index (χ0v) is 17.0. The molecule has 1 aliphatic heterocycles. The van der Waals surface area contributed by atoms with Crippen LogP contribution >= 0.6 is 0 Å². The second-order valence-electron chi connectivity index (χ2n) is 8.00. The Labute approximate surface area is 169 Å². The van der Waals surface area contributed by atoms with Crippen LogP contribution < -0.4 is 10.8 Å². The summed E-state index contributed by atoms with van der Waals surface area (Å²) in [5, 5.41) is 19.6. The first kappa shape index (κ1) is 20.5. The molecule has 1 aliphatic rings. The minimum absolute atomic E-state index is 0.0196. The number of piperidine rings is 1. The van der Waals surface area contributed by atoms with E-state index in [1.54, 1.807) is 35.5 Å². The van der Waals surface area contributed by atoms with Crippen LogP contribution in [0.15, 0.2) is 36.8 Å². The number of ether oxygens (including phenoxy) is 1. The maximum Gasteiger partial charge on any atom is 0.410 e. The van der Waals surface area contributed by atoms with Gasteiger partial charge in [0.05, 0.1) is 12.4 Å². The summed E-state index contributed by atoms with van der Waals surface area (Å²) in [6, 6.07) is 5.13. The Morgan fingerprint density at radius 1 is 1.31 bits per heavy atom. The quantitative estimate of drug-likeness (QED) is 0.543. The van der Waals surface area contributed by atoms with Crippen molar-refractivity contribution in [2.75, 3.05) is 18.4 Å². The molecule has 0 aromatic carbocycles. The second kappa shape index (κ2) is 8.42. The molecule has 9 nitrogen and oxygen atoms in total. The summed E-state index contributed by atoms with van der Waals surface area (Å²) in [6.07, 6.45) is 6.19. The molecule has 3 heterocycles. The highest BCUT2D eigenvalue weighted by atomic mass is 16.6. The van der Waals surface area contributed by atoms with Crippen LogP contribution in [0.4, 0.5) is 10.6 Å². The molecule has 0 radical (unpaired) electrons. The van der Waals surface area contributed by atoms with Gasteiger partial charge >= 0.3 is 6.09 Å². The molecular weight excluding hydrogens is 370 g/mol. The van der Waals surface area contributed by atoms with E-state index in [1.165, 1.54) is 10.8 Å². The number of hydrogen-bond donors (Lipinski definition) is 3. The SMILES string of the molecule is CC(C)(C)OC(=O)N1CCCC(Nc2cncc(C(=N)n3ccccc3=N)n2)C1. The predicted octanol–water partition coefficient (Wildman–Crippen LogP) is 2.44. The van der Waals surface area contributed by atoms with Crippen molar-refractivity contribution in [3.05, 3.63) is 48.0 Å². The molecule has 0 spiro atoms. The normalized spacial score (nSPS) is 16.9. The number of rotatable bonds is 3. The molecule has 154 valence electrons. The van der Waals surface area contributed by atoms with Crippen molar-refractivity contribution < 1.29 is 9.53 Å². The van der Waals surface area contributed by atoms with Crippen LogP contribution in [-0.2, 0) is 4.74 Å². The number of likely N-dealkylation sites (tertiary alicyclic amines) is 1. The zero-order valence-electron chi connectivity index (χ0n) is 17.0. The molecule has 0 aliphatic carbocycles. The average Bonchev–Trinajstić information content (AvgIpc) is 2.67. The molecular formula is C20H27N7O2. The average molecular weight is 397 g/mol. The number of amides is 1. The number of carbonyl (C=O) groups excluding carboxylic acids is 1. The van der Waals surface area contributed by atoms with Gasteiger partial charge in [-0.05, 0) is 45.7 Å². The van der Waals surface area contributed by atoms with Gasteiger partial charge in [0.15, 0.2) is 5.84 Å². The Hall–Kier alpha value is -3.23. The highest BCUT2D eigenvalue weighted by Gasteiger charge is 2.27. The molecule has 0 bridgehead atoms. The monoisotopic (exact) mass is 397 g/mol. The molecule has 0 saturated carbocycles. The van der Waals surface area contributed by atoms with Gasteiger partial charge < -0.3 is 15.0 Å². The van der Waals surface area contributed by atoms with Crippen molar-refractivity contribution in [2.45, 2.75) is 45.3 Å². The van der Waals surface area contributed by atoms with Crippen LogP contribution in [0.25, 0.3) is 0 Å². The third-order valence-corrected chi connectivity index (χ3v) is 4.40. The van der Waals surface area contributed by atoms with Gasteiger partial charge in [-0.25, -0.2) is 9.78 Å². The van der Waals surface area contributed by atoms with E-state index in [0.717, 1.165) is 12.8 Å². The van der Waals surface area contributed by atoms with E-state index in [0.29, 0.717) is 24.6 Å². The van der Waals surface area contributed by atoms with E-state index in [1.807, 2.05) is 20.8 Å². The fraction of sp³-hybridized carbons (Fsp3) is 0.450. The van der Waals surface area contributed by atoms with Crippen LogP contribution in [0.3, 0.4) is 0 Å². The van der Waals surface area contributed by atoms with Gasteiger partial charge in [-0.2, -0.15) is 0 Å². The minimum atomic E-state index is -0.524. The number of nitrogens with one attached hydrogen (secondary N) is 3. The molecule has 1 unspecified atom stereocenters. The first-order valence-corrected chi connectivity index (χ1v) is 9.61. The van der Waals surface area contributed by atoms with Gasteiger partial charge in [-0.15, -0.1) is 0 Å². The Kier molecular flexibility index (Phi) is 5.95. The van der Waals surface area contributed by atoms with E-state index in [4.69, 9.17) is 15.6 Å². The summed E-state index contributed by atoms with van der Waals surface area (Å²) in [4.78, 5) is 22.7. The molecule has 29 heavy (non-hydrogen) atoms. The van der Waals surface area contributed by atoms with Crippen LogP contribution in [0.5, 0.6) is 0 Å². The molecule has 3 N–H and O–H groups in total. The Balaban J connectivity index is 1.68. The van der Waals surface area contributed by atoms with Crippen molar-refractivity contribution in [2.24, 2.45) is 0 Å². The third-order valence-electron chi connectivity index (χ3n) is 4.40. The largest absolute Gasteiger partial charge is 0.444 e. The van der Waals surface area contributed by atoms with Crippen LogP contribution in [0.2, 0.25) is 0 Å². The van der Waals surface area contributed by atoms with E-state index in [-0.39, 0.29) is 23.5 Å². The molecule has 2 aromatic heterocycles. The number of nitrogens with zero attached hydrogens (tertiary/aromatic N) is 4. The maximum absolute atomic E-state index is 12.3. The fourth-order valence-electron chi connectivity index (χ4n) is 3.11. The lowest BCUT2D eigenvalue weighted by molar-refractivity contribution is 0.0206. The van der Waals surface area contributed by atoms with E-state index < -0.39 is 5.60 Å². The molecule has 2 aromatic rings. The summed E-state index contributed by atoms with van der Waals surface area (Å²) in [5.74, 6) is 0.608. The van der Waals surface area contributed by atoms with Crippen LogP contribution in [0.1, 0.15) is 39.3 Å². The lowest BCUT2D eigenvalue weighted by Gasteiger charge is -2.34. The second-order valence-corrected chi connectivity index (χ2v) is 8.00. The first-order chi connectivity index (χ1) is 13.7. The predicted molar refractivity (Wildman–Crippen MR) is 109 cm³/mol. The smallest absolute Gasteiger partial charge is 0.410 e. The number of hydrogen-bond acceptors (Lipinski definition) is 7. The number of aromatic nitrogens is 3. The summed E-state index contributed by atoms with van der Waals surface area (Å²) in [5.41, 5.74) is 0.0288.